The van der Waals surface area contributed by atoms with E-state index in [0.29, 0.717) is 18.1 Å². The van der Waals surface area contributed by atoms with Gasteiger partial charge in [-0.25, -0.2) is 4.98 Å². The van der Waals surface area contributed by atoms with Gasteiger partial charge in [0.05, 0.1) is 5.52 Å². The fourth-order valence-corrected chi connectivity index (χ4v) is 3.37. The summed E-state index contributed by atoms with van der Waals surface area (Å²) in [5.41, 5.74) is 3.32. The summed E-state index contributed by atoms with van der Waals surface area (Å²) in [6, 6.07) is 9.67. The summed E-state index contributed by atoms with van der Waals surface area (Å²) in [7, 11) is 0. The van der Waals surface area contributed by atoms with Crippen LogP contribution in [-0.2, 0) is 6.54 Å². The van der Waals surface area contributed by atoms with Gasteiger partial charge in [-0.1, -0.05) is 11.6 Å². The number of nitrogens with zero attached hydrogens (tertiary/aromatic N) is 2. The van der Waals surface area contributed by atoms with Crippen molar-refractivity contribution in [1.29, 1.82) is 0 Å². The molecule has 2 aromatic heterocycles. The topological polar surface area (TPSA) is 79.9 Å². The van der Waals surface area contributed by atoms with E-state index < -0.39 is 0 Å². The lowest BCUT2D eigenvalue weighted by atomic mass is 10.1. The van der Waals surface area contributed by atoms with Gasteiger partial charge in [-0.15, -0.1) is 0 Å². The van der Waals surface area contributed by atoms with E-state index in [9.17, 15) is 4.79 Å². The molecule has 134 valence electrons. The van der Waals surface area contributed by atoms with Gasteiger partial charge in [0, 0.05) is 24.2 Å². The van der Waals surface area contributed by atoms with Crippen LogP contribution >= 0.6 is 0 Å². The van der Waals surface area contributed by atoms with Gasteiger partial charge in [0.2, 0.25) is 5.88 Å². The number of ether oxygens (including phenoxy) is 1. The number of hydrogen-bond donors (Lipinski definition) is 2. The normalized spacial score (nSPS) is 14.7. The maximum atomic E-state index is 12.5. The van der Waals surface area contributed by atoms with Crippen LogP contribution in [0.4, 0.5) is 0 Å². The second-order valence-electron chi connectivity index (χ2n) is 6.83. The van der Waals surface area contributed by atoms with Crippen LogP contribution in [0.2, 0.25) is 0 Å². The first-order valence-corrected chi connectivity index (χ1v) is 9.03. The molecule has 1 aliphatic rings. The van der Waals surface area contributed by atoms with E-state index in [0.717, 1.165) is 34.9 Å². The number of aromatic nitrogens is 3. The molecular formula is C20H22N4O2. The molecule has 2 heterocycles. The summed E-state index contributed by atoms with van der Waals surface area (Å²) in [6.07, 6.45) is 6.61. The molecule has 0 unspecified atom stereocenters. The maximum Gasteiger partial charge on any atom is 0.272 e. The Hall–Kier alpha value is -2.89. The number of aromatic amines is 1. The molecule has 0 radical (unpaired) electrons. The van der Waals surface area contributed by atoms with Crippen molar-refractivity contribution in [2.75, 3.05) is 0 Å². The van der Waals surface area contributed by atoms with Crippen molar-refractivity contribution in [2.24, 2.45) is 0 Å². The van der Waals surface area contributed by atoms with Gasteiger partial charge in [0.15, 0.2) is 5.69 Å². The lowest BCUT2D eigenvalue weighted by molar-refractivity contribution is 0.0947. The van der Waals surface area contributed by atoms with Crippen molar-refractivity contribution in [2.45, 2.75) is 45.3 Å². The molecule has 1 amide bonds. The van der Waals surface area contributed by atoms with Gasteiger partial charge >= 0.3 is 0 Å². The Morgan fingerprint density at radius 2 is 2.12 bits per heavy atom. The molecule has 0 spiro atoms. The average Bonchev–Trinajstić information content (AvgIpc) is 3.29. The minimum atomic E-state index is -0.197. The maximum absolute atomic E-state index is 12.5. The SMILES string of the molecule is Cc1ccc2[nH]nc(C(=O)NCc3ccnc(OC4CCCC4)c3)c2c1. The smallest absolute Gasteiger partial charge is 0.272 e. The largest absolute Gasteiger partial charge is 0.474 e. The highest BCUT2D eigenvalue weighted by atomic mass is 16.5. The minimum absolute atomic E-state index is 0.197. The van der Waals surface area contributed by atoms with Gasteiger partial charge in [-0.2, -0.15) is 5.10 Å². The molecule has 0 aliphatic heterocycles. The average molecular weight is 350 g/mol. The first-order valence-electron chi connectivity index (χ1n) is 9.03. The molecule has 6 heteroatoms. The monoisotopic (exact) mass is 350 g/mol. The molecule has 2 N–H and O–H groups in total. The fourth-order valence-electron chi connectivity index (χ4n) is 3.37. The van der Waals surface area contributed by atoms with E-state index in [4.69, 9.17) is 4.74 Å². The number of pyridine rings is 1. The zero-order valence-corrected chi connectivity index (χ0v) is 14.8. The number of nitrogens with one attached hydrogen (secondary N) is 2. The number of aryl methyl sites for hydroxylation is 1. The van der Waals surface area contributed by atoms with Crippen LogP contribution in [0.5, 0.6) is 5.88 Å². The highest BCUT2D eigenvalue weighted by molar-refractivity contribution is 6.04. The number of fused-ring (bicyclic) bond motifs is 1. The zero-order valence-electron chi connectivity index (χ0n) is 14.8. The molecule has 1 saturated carbocycles. The van der Waals surface area contributed by atoms with E-state index in [2.05, 4.69) is 20.5 Å². The number of hydrogen-bond acceptors (Lipinski definition) is 4. The van der Waals surface area contributed by atoms with Crippen LogP contribution in [0.25, 0.3) is 10.9 Å². The van der Waals surface area contributed by atoms with Crippen LogP contribution in [-0.4, -0.2) is 27.2 Å². The number of carbonyl (C=O) groups is 1. The van der Waals surface area contributed by atoms with Crippen molar-refractivity contribution >= 4 is 16.8 Å². The second kappa shape index (κ2) is 7.15. The van der Waals surface area contributed by atoms with Crippen LogP contribution in [0.15, 0.2) is 36.5 Å². The van der Waals surface area contributed by atoms with Gasteiger partial charge in [-0.3, -0.25) is 9.89 Å². The third kappa shape index (κ3) is 3.54. The Kier molecular flexibility index (Phi) is 4.56. The first-order chi connectivity index (χ1) is 12.7. The molecule has 6 nitrogen and oxygen atoms in total. The fraction of sp³-hybridized carbons (Fsp3) is 0.350. The van der Waals surface area contributed by atoms with Crippen molar-refractivity contribution < 1.29 is 9.53 Å². The lowest BCUT2D eigenvalue weighted by Gasteiger charge is -2.12. The molecule has 3 aromatic rings. The minimum Gasteiger partial charge on any atom is -0.474 e. The zero-order chi connectivity index (χ0) is 17.9. The quantitative estimate of drug-likeness (QED) is 0.738. The second-order valence-corrected chi connectivity index (χ2v) is 6.83. The highest BCUT2D eigenvalue weighted by Gasteiger charge is 2.17. The molecule has 1 fully saturated rings. The molecule has 0 bridgehead atoms. The van der Waals surface area contributed by atoms with Crippen LogP contribution < -0.4 is 10.1 Å². The summed E-state index contributed by atoms with van der Waals surface area (Å²) in [4.78, 5) is 16.8. The van der Waals surface area contributed by atoms with Gasteiger partial charge in [0.1, 0.15) is 6.10 Å². The van der Waals surface area contributed by atoms with E-state index in [1.807, 2.05) is 37.3 Å². The lowest BCUT2D eigenvalue weighted by Crippen LogP contribution is -2.23. The Balaban J connectivity index is 1.43. The number of carbonyl (C=O) groups excluding carboxylic acids is 1. The molecular weight excluding hydrogens is 328 g/mol. The predicted octanol–water partition coefficient (Wildman–Crippen LogP) is 3.52. The van der Waals surface area contributed by atoms with Crippen molar-refractivity contribution in [3.63, 3.8) is 0 Å². The third-order valence-electron chi connectivity index (χ3n) is 4.78. The molecule has 1 aliphatic carbocycles. The summed E-state index contributed by atoms with van der Waals surface area (Å²) in [6.45, 7) is 2.40. The van der Waals surface area contributed by atoms with E-state index in [1.165, 1.54) is 12.8 Å². The summed E-state index contributed by atoms with van der Waals surface area (Å²) < 4.78 is 5.92. The van der Waals surface area contributed by atoms with Crippen molar-refractivity contribution in [1.82, 2.24) is 20.5 Å². The molecule has 4 rings (SSSR count). The Labute approximate surface area is 152 Å². The van der Waals surface area contributed by atoms with Crippen LogP contribution in [0, 0.1) is 6.92 Å². The van der Waals surface area contributed by atoms with Gasteiger partial charge in [-0.05, 0) is 56.4 Å². The Morgan fingerprint density at radius 3 is 2.96 bits per heavy atom. The van der Waals surface area contributed by atoms with Crippen LogP contribution in [0.3, 0.4) is 0 Å². The number of rotatable bonds is 5. The standard InChI is InChI=1S/C20H22N4O2/c1-13-6-7-17-16(10-13)19(24-23-17)20(25)22-12-14-8-9-21-18(11-14)26-15-4-2-3-5-15/h6-11,15H,2-5,12H2,1H3,(H,22,25)(H,23,24). The number of amides is 1. The summed E-state index contributed by atoms with van der Waals surface area (Å²) in [5.74, 6) is 0.432. The first kappa shape index (κ1) is 16.6. The van der Waals surface area contributed by atoms with E-state index in [1.54, 1.807) is 6.20 Å². The molecule has 1 aromatic carbocycles. The molecule has 26 heavy (non-hydrogen) atoms. The van der Waals surface area contributed by atoms with Crippen LogP contribution in [0.1, 0.15) is 47.3 Å². The van der Waals surface area contributed by atoms with E-state index >= 15 is 0 Å². The van der Waals surface area contributed by atoms with Gasteiger partial charge < -0.3 is 10.1 Å². The summed E-state index contributed by atoms with van der Waals surface area (Å²) in [5, 5.41) is 10.8. The Bertz CT molecular complexity index is 928. The summed E-state index contributed by atoms with van der Waals surface area (Å²) >= 11 is 0. The number of H-pyrrole nitrogens is 1. The van der Waals surface area contributed by atoms with E-state index in [-0.39, 0.29) is 12.0 Å². The highest BCUT2D eigenvalue weighted by Crippen LogP contribution is 2.23. The van der Waals surface area contributed by atoms with Crippen molar-refractivity contribution in [3.05, 3.63) is 53.3 Å². The third-order valence-corrected chi connectivity index (χ3v) is 4.78. The predicted molar refractivity (Wildman–Crippen MR) is 99.1 cm³/mol. The molecule has 0 saturated heterocycles. The Morgan fingerprint density at radius 1 is 1.27 bits per heavy atom. The van der Waals surface area contributed by atoms with Gasteiger partial charge in [0.25, 0.3) is 5.91 Å². The number of benzene rings is 1. The van der Waals surface area contributed by atoms with Crippen molar-refractivity contribution in [3.8, 4) is 5.88 Å². The molecule has 0 atom stereocenters.